The Hall–Kier alpha value is -1.75. The Labute approximate surface area is 123 Å². The fourth-order valence-corrected chi connectivity index (χ4v) is 2.27. The second kappa shape index (κ2) is 6.61. The van der Waals surface area contributed by atoms with Crippen LogP contribution < -0.4 is 4.74 Å². The van der Waals surface area contributed by atoms with Crippen molar-refractivity contribution in [3.63, 3.8) is 0 Å². The molecule has 20 heavy (non-hydrogen) atoms. The van der Waals surface area contributed by atoms with Crippen LogP contribution in [0.3, 0.4) is 0 Å². The molecule has 0 radical (unpaired) electrons. The SMILES string of the molecule is C[C@@H](Oc1ccccc1Cl)C(=O)N1CCN(C=O)CC1. The summed E-state index contributed by atoms with van der Waals surface area (Å²) in [6, 6.07) is 7.06. The summed E-state index contributed by atoms with van der Waals surface area (Å²) in [5.41, 5.74) is 0. The number of amides is 2. The molecule has 108 valence electrons. The van der Waals surface area contributed by atoms with Crippen LogP contribution >= 0.6 is 11.6 Å². The first kappa shape index (κ1) is 14.7. The van der Waals surface area contributed by atoms with E-state index in [2.05, 4.69) is 0 Å². The summed E-state index contributed by atoms with van der Waals surface area (Å²) in [5.74, 6) is 0.414. The Morgan fingerprint density at radius 1 is 1.30 bits per heavy atom. The predicted molar refractivity (Wildman–Crippen MR) is 75.8 cm³/mol. The topological polar surface area (TPSA) is 49.9 Å². The molecule has 1 aliphatic rings. The van der Waals surface area contributed by atoms with Crippen molar-refractivity contribution in [3.8, 4) is 5.75 Å². The molecule has 1 saturated heterocycles. The van der Waals surface area contributed by atoms with Crippen molar-refractivity contribution >= 4 is 23.9 Å². The lowest BCUT2D eigenvalue weighted by Gasteiger charge is -2.34. The van der Waals surface area contributed by atoms with Gasteiger partial charge >= 0.3 is 0 Å². The summed E-state index contributed by atoms with van der Waals surface area (Å²) in [5, 5.41) is 0.484. The molecule has 0 bridgehead atoms. The van der Waals surface area contributed by atoms with E-state index < -0.39 is 6.10 Å². The molecule has 0 aliphatic carbocycles. The van der Waals surface area contributed by atoms with Crippen molar-refractivity contribution in [1.29, 1.82) is 0 Å². The van der Waals surface area contributed by atoms with Crippen LogP contribution in [0.25, 0.3) is 0 Å². The monoisotopic (exact) mass is 296 g/mol. The van der Waals surface area contributed by atoms with Gasteiger partial charge in [-0.25, -0.2) is 0 Å². The van der Waals surface area contributed by atoms with Crippen molar-refractivity contribution in [2.45, 2.75) is 13.0 Å². The minimum Gasteiger partial charge on any atom is -0.479 e. The molecule has 5 nitrogen and oxygen atoms in total. The lowest BCUT2D eigenvalue weighted by molar-refractivity contribution is -0.141. The fourth-order valence-electron chi connectivity index (χ4n) is 2.09. The van der Waals surface area contributed by atoms with Gasteiger partial charge in [0.25, 0.3) is 5.91 Å². The molecule has 0 spiro atoms. The molecule has 0 aromatic heterocycles. The number of hydrogen-bond donors (Lipinski definition) is 0. The van der Waals surface area contributed by atoms with E-state index in [4.69, 9.17) is 16.3 Å². The zero-order valence-corrected chi connectivity index (χ0v) is 12.0. The van der Waals surface area contributed by atoms with Gasteiger partial charge in [-0.05, 0) is 19.1 Å². The smallest absolute Gasteiger partial charge is 0.263 e. The molecule has 0 unspecified atom stereocenters. The predicted octanol–water partition coefficient (Wildman–Crippen LogP) is 1.41. The Morgan fingerprint density at radius 2 is 1.95 bits per heavy atom. The van der Waals surface area contributed by atoms with E-state index in [9.17, 15) is 9.59 Å². The molecular weight excluding hydrogens is 280 g/mol. The molecule has 1 aliphatic heterocycles. The number of nitrogens with zero attached hydrogens (tertiary/aromatic N) is 2. The highest BCUT2D eigenvalue weighted by atomic mass is 35.5. The minimum absolute atomic E-state index is 0.0875. The Bertz CT molecular complexity index is 487. The molecule has 1 aromatic rings. The molecule has 1 fully saturated rings. The second-order valence-corrected chi connectivity index (χ2v) is 5.06. The average molecular weight is 297 g/mol. The summed E-state index contributed by atoms with van der Waals surface area (Å²) in [6.07, 6.45) is 0.212. The van der Waals surface area contributed by atoms with E-state index in [1.165, 1.54) is 0 Å². The van der Waals surface area contributed by atoms with Crippen LogP contribution in [0.15, 0.2) is 24.3 Å². The molecule has 2 amide bonds. The van der Waals surface area contributed by atoms with Gasteiger partial charge in [0.15, 0.2) is 6.10 Å². The van der Waals surface area contributed by atoms with Crippen molar-refractivity contribution in [2.75, 3.05) is 26.2 Å². The number of ether oxygens (including phenoxy) is 1. The first-order valence-electron chi connectivity index (χ1n) is 6.51. The summed E-state index contributed by atoms with van der Waals surface area (Å²) in [6.45, 7) is 3.90. The Morgan fingerprint density at radius 3 is 2.55 bits per heavy atom. The Kier molecular flexibility index (Phi) is 4.84. The van der Waals surface area contributed by atoms with Gasteiger partial charge in [-0.2, -0.15) is 0 Å². The highest BCUT2D eigenvalue weighted by molar-refractivity contribution is 6.32. The quantitative estimate of drug-likeness (QED) is 0.789. The van der Waals surface area contributed by atoms with Crippen LogP contribution in [0.4, 0.5) is 0 Å². The summed E-state index contributed by atoms with van der Waals surface area (Å²) in [4.78, 5) is 26.3. The number of piperazine rings is 1. The maximum atomic E-state index is 12.3. The van der Waals surface area contributed by atoms with E-state index >= 15 is 0 Å². The zero-order valence-electron chi connectivity index (χ0n) is 11.3. The minimum atomic E-state index is -0.599. The summed E-state index contributed by atoms with van der Waals surface area (Å²) in [7, 11) is 0. The van der Waals surface area contributed by atoms with Crippen LogP contribution in [0.1, 0.15) is 6.92 Å². The molecule has 1 aromatic carbocycles. The molecule has 1 atom stereocenters. The van der Waals surface area contributed by atoms with E-state index in [0.717, 1.165) is 6.41 Å². The Balaban J connectivity index is 1.93. The number of benzene rings is 1. The molecule has 6 heteroatoms. The van der Waals surface area contributed by atoms with E-state index in [-0.39, 0.29) is 5.91 Å². The maximum absolute atomic E-state index is 12.3. The van der Waals surface area contributed by atoms with Crippen LogP contribution in [0, 0.1) is 0 Å². The van der Waals surface area contributed by atoms with Gasteiger partial charge in [-0.15, -0.1) is 0 Å². The molecular formula is C14H17ClN2O3. The van der Waals surface area contributed by atoms with Gasteiger partial charge in [-0.3, -0.25) is 9.59 Å². The maximum Gasteiger partial charge on any atom is 0.263 e. The first-order valence-corrected chi connectivity index (χ1v) is 6.89. The highest BCUT2D eigenvalue weighted by Crippen LogP contribution is 2.24. The number of carbonyl (C=O) groups is 2. The van der Waals surface area contributed by atoms with Gasteiger partial charge in [0.1, 0.15) is 5.75 Å². The lowest BCUT2D eigenvalue weighted by Crippen LogP contribution is -2.51. The number of para-hydroxylation sites is 1. The zero-order chi connectivity index (χ0) is 14.5. The van der Waals surface area contributed by atoms with E-state index in [0.29, 0.717) is 37.0 Å². The van der Waals surface area contributed by atoms with Gasteiger partial charge in [0, 0.05) is 26.2 Å². The molecule has 2 rings (SSSR count). The average Bonchev–Trinajstić information content (AvgIpc) is 2.49. The number of hydrogen-bond acceptors (Lipinski definition) is 3. The van der Waals surface area contributed by atoms with E-state index in [1.54, 1.807) is 41.0 Å². The standard InChI is InChI=1S/C14H17ClN2O3/c1-11(20-13-5-3-2-4-12(13)15)14(19)17-8-6-16(10-18)7-9-17/h2-5,10-11H,6-9H2,1H3/t11-/m1/s1. The van der Waals surface area contributed by atoms with Crippen molar-refractivity contribution in [1.82, 2.24) is 9.80 Å². The molecule has 1 heterocycles. The first-order chi connectivity index (χ1) is 9.61. The third kappa shape index (κ3) is 3.42. The lowest BCUT2D eigenvalue weighted by atomic mass is 10.2. The summed E-state index contributed by atoms with van der Waals surface area (Å²) >= 11 is 6.00. The van der Waals surface area contributed by atoms with Crippen LogP contribution in [-0.2, 0) is 9.59 Å². The van der Waals surface area contributed by atoms with Gasteiger partial charge in [0.2, 0.25) is 6.41 Å². The van der Waals surface area contributed by atoms with Gasteiger partial charge < -0.3 is 14.5 Å². The van der Waals surface area contributed by atoms with Crippen LogP contribution in [-0.4, -0.2) is 54.4 Å². The fraction of sp³-hybridized carbons (Fsp3) is 0.429. The van der Waals surface area contributed by atoms with Gasteiger partial charge in [-0.1, -0.05) is 23.7 Å². The van der Waals surface area contributed by atoms with E-state index in [1.807, 2.05) is 0 Å². The molecule has 0 saturated carbocycles. The van der Waals surface area contributed by atoms with Crippen LogP contribution in [0.5, 0.6) is 5.75 Å². The summed E-state index contributed by atoms with van der Waals surface area (Å²) < 4.78 is 5.61. The second-order valence-electron chi connectivity index (χ2n) is 4.66. The number of carbonyl (C=O) groups excluding carboxylic acids is 2. The highest BCUT2D eigenvalue weighted by Gasteiger charge is 2.25. The van der Waals surface area contributed by atoms with Crippen molar-refractivity contribution < 1.29 is 14.3 Å². The van der Waals surface area contributed by atoms with Crippen LogP contribution in [0.2, 0.25) is 5.02 Å². The molecule has 0 N–H and O–H groups in total. The number of rotatable bonds is 4. The normalized spacial score (nSPS) is 16.7. The van der Waals surface area contributed by atoms with Crippen molar-refractivity contribution in [2.24, 2.45) is 0 Å². The van der Waals surface area contributed by atoms with Crippen molar-refractivity contribution in [3.05, 3.63) is 29.3 Å². The largest absolute Gasteiger partial charge is 0.479 e. The third-order valence-corrected chi connectivity index (χ3v) is 3.58. The third-order valence-electron chi connectivity index (χ3n) is 3.26. The van der Waals surface area contributed by atoms with Gasteiger partial charge in [0.05, 0.1) is 5.02 Å². The number of halogens is 1.